The van der Waals surface area contributed by atoms with E-state index in [0.29, 0.717) is 6.54 Å². The van der Waals surface area contributed by atoms with Crippen molar-refractivity contribution in [1.29, 1.82) is 0 Å². The molecule has 0 bridgehead atoms. The van der Waals surface area contributed by atoms with E-state index in [0.717, 1.165) is 34.8 Å². The van der Waals surface area contributed by atoms with Gasteiger partial charge in [0, 0.05) is 35.0 Å². The van der Waals surface area contributed by atoms with Crippen LogP contribution in [0.25, 0.3) is 0 Å². The lowest BCUT2D eigenvalue weighted by Gasteiger charge is -2.30. The van der Waals surface area contributed by atoms with Gasteiger partial charge in [-0.05, 0) is 43.0 Å². The first-order valence-corrected chi connectivity index (χ1v) is 10.8. The number of aryl methyl sites for hydroxylation is 1. The van der Waals surface area contributed by atoms with Gasteiger partial charge in [0.25, 0.3) is 0 Å². The number of hydrogen-bond acceptors (Lipinski definition) is 5. The Morgan fingerprint density at radius 1 is 1.21 bits per heavy atom. The highest BCUT2D eigenvalue weighted by atomic mass is 32.1. The van der Waals surface area contributed by atoms with Crippen molar-refractivity contribution >= 4 is 28.6 Å². The average molecular weight is 417 g/mol. The average Bonchev–Trinajstić information content (AvgIpc) is 3.31. The number of thiazole rings is 1. The van der Waals surface area contributed by atoms with E-state index >= 15 is 0 Å². The Kier molecular flexibility index (Phi) is 6.70. The van der Waals surface area contributed by atoms with E-state index in [1.807, 2.05) is 47.5 Å². The number of methoxy groups -OCH3 is 1. The Morgan fingerprint density at radius 2 is 1.96 bits per heavy atom. The van der Waals surface area contributed by atoms with Crippen molar-refractivity contribution < 1.29 is 9.53 Å². The zero-order valence-corrected chi connectivity index (χ0v) is 17.9. The van der Waals surface area contributed by atoms with Crippen LogP contribution in [0.3, 0.4) is 0 Å². The van der Waals surface area contributed by atoms with Crippen LogP contribution in [0.2, 0.25) is 0 Å². The lowest BCUT2D eigenvalue weighted by atomic mass is 10.1. The second kappa shape index (κ2) is 9.21. The summed E-state index contributed by atoms with van der Waals surface area (Å²) in [5.41, 5.74) is 1.85. The molecule has 0 radical (unpaired) electrons. The first kappa shape index (κ1) is 20.4. The normalized spacial score (nSPS) is 12.0. The second-order valence-electron chi connectivity index (χ2n) is 6.73. The van der Waals surface area contributed by atoms with Crippen molar-refractivity contribution in [1.82, 2.24) is 9.47 Å². The summed E-state index contributed by atoms with van der Waals surface area (Å²) < 4.78 is 6.77. The van der Waals surface area contributed by atoms with Gasteiger partial charge < -0.3 is 9.64 Å². The van der Waals surface area contributed by atoms with E-state index in [9.17, 15) is 9.59 Å². The van der Waals surface area contributed by atoms with Crippen molar-refractivity contribution in [3.63, 3.8) is 0 Å². The molecule has 2 aromatic heterocycles. The summed E-state index contributed by atoms with van der Waals surface area (Å²) in [6, 6.07) is 11.9. The molecule has 3 rings (SSSR count). The molecular weight excluding hydrogens is 392 g/mol. The number of ether oxygens (including phenoxy) is 1. The van der Waals surface area contributed by atoms with Gasteiger partial charge in [-0.1, -0.05) is 29.5 Å². The standard InChI is InChI=1S/C21H24N2O3S2/c1-15(11-19-5-4-10-27-19)22(12-17-6-8-18(26-3)9-7-17)20(24)13-23-16(2)14-28-21(23)25/h4-10,14-15H,11-13H2,1-3H3/t15-/m1/s1. The Balaban J connectivity index is 1.81. The number of aromatic nitrogens is 1. The number of rotatable bonds is 8. The molecule has 0 aliphatic carbocycles. The van der Waals surface area contributed by atoms with Gasteiger partial charge in [-0.25, -0.2) is 0 Å². The van der Waals surface area contributed by atoms with Crippen LogP contribution in [0.5, 0.6) is 5.75 Å². The molecule has 28 heavy (non-hydrogen) atoms. The van der Waals surface area contributed by atoms with Gasteiger partial charge in [-0.15, -0.1) is 11.3 Å². The summed E-state index contributed by atoms with van der Waals surface area (Å²) in [5, 5.41) is 3.84. The Morgan fingerprint density at radius 3 is 2.54 bits per heavy atom. The molecule has 7 heteroatoms. The number of carbonyl (C=O) groups is 1. The minimum Gasteiger partial charge on any atom is -0.497 e. The molecule has 0 aliphatic heterocycles. The zero-order valence-electron chi connectivity index (χ0n) is 16.3. The van der Waals surface area contributed by atoms with Gasteiger partial charge in [0.05, 0.1) is 7.11 Å². The number of amides is 1. The lowest BCUT2D eigenvalue weighted by molar-refractivity contribution is -0.134. The number of hydrogen-bond donors (Lipinski definition) is 0. The summed E-state index contributed by atoms with van der Waals surface area (Å²) in [6.45, 7) is 4.48. The topological polar surface area (TPSA) is 51.5 Å². The quantitative estimate of drug-likeness (QED) is 0.559. The molecule has 0 fully saturated rings. The van der Waals surface area contributed by atoms with Crippen LogP contribution in [-0.4, -0.2) is 28.5 Å². The molecule has 3 aromatic rings. The Hall–Kier alpha value is -2.38. The number of thiophene rings is 1. The molecule has 1 aromatic carbocycles. The molecule has 0 saturated heterocycles. The van der Waals surface area contributed by atoms with Gasteiger partial charge in [-0.3, -0.25) is 14.2 Å². The maximum atomic E-state index is 13.2. The van der Waals surface area contributed by atoms with Crippen molar-refractivity contribution in [2.24, 2.45) is 0 Å². The summed E-state index contributed by atoms with van der Waals surface area (Å²) in [5.74, 6) is 0.734. The summed E-state index contributed by atoms with van der Waals surface area (Å²) >= 11 is 2.82. The summed E-state index contributed by atoms with van der Waals surface area (Å²) in [6.07, 6.45) is 0.789. The first-order chi connectivity index (χ1) is 13.5. The number of nitrogens with zero attached hydrogens (tertiary/aromatic N) is 2. The third kappa shape index (κ3) is 4.91. The molecule has 0 spiro atoms. The molecule has 0 N–H and O–H groups in total. The van der Waals surface area contributed by atoms with Crippen LogP contribution in [0, 0.1) is 6.92 Å². The first-order valence-electron chi connectivity index (χ1n) is 9.07. The van der Waals surface area contributed by atoms with E-state index < -0.39 is 0 Å². The fourth-order valence-corrected chi connectivity index (χ4v) is 4.63. The highest BCUT2D eigenvalue weighted by Crippen LogP contribution is 2.19. The fourth-order valence-electron chi connectivity index (χ4n) is 3.07. The van der Waals surface area contributed by atoms with Crippen molar-refractivity contribution in [2.45, 2.75) is 39.4 Å². The molecule has 1 atom stereocenters. The van der Waals surface area contributed by atoms with Crippen molar-refractivity contribution in [2.75, 3.05) is 7.11 Å². The number of carbonyl (C=O) groups excluding carboxylic acids is 1. The molecule has 148 valence electrons. The van der Waals surface area contributed by atoms with E-state index in [2.05, 4.69) is 13.0 Å². The summed E-state index contributed by atoms with van der Waals surface area (Å²) in [4.78, 5) is 28.2. The molecule has 0 aliphatic rings. The minimum absolute atomic E-state index is 0.0166. The summed E-state index contributed by atoms with van der Waals surface area (Å²) in [7, 11) is 1.63. The lowest BCUT2D eigenvalue weighted by Crippen LogP contribution is -2.42. The highest BCUT2D eigenvalue weighted by molar-refractivity contribution is 7.09. The van der Waals surface area contributed by atoms with E-state index in [1.165, 1.54) is 4.88 Å². The Bertz CT molecular complexity index is 958. The van der Waals surface area contributed by atoms with Crippen LogP contribution in [0.1, 0.15) is 23.1 Å². The van der Waals surface area contributed by atoms with Gasteiger partial charge in [0.2, 0.25) is 5.91 Å². The van der Waals surface area contributed by atoms with E-state index in [4.69, 9.17) is 4.74 Å². The van der Waals surface area contributed by atoms with Crippen LogP contribution in [0.4, 0.5) is 0 Å². The van der Waals surface area contributed by atoms with Gasteiger partial charge >= 0.3 is 4.87 Å². The highest BCUT2D eigenvalue weighted by Gasteiger charge is 2.22. The van der Waals surface area contributed by atoms with Crippen molar-refractivity contribution in [3.8, 4) is 5.75 Å². The maximum Gasteiger partial charge on any atom is 0.307 e. The van der Waals surface area contributed by atoms with Crippen LogP contribution >= 0.6 is 22.7 Å². The molecule has 1 amide bonds. The largest absolute Gasteiger partial charge is 0.497 e. The van der Waals surface area contributed by atoms with Gasteiger partial charge in [0.15, 0.2) is 0 Å². The van der Waals surface area contributed by atoms with E-state index in [-0.39, 0.29) is 23.4 Å². The molecule has 0 saturated carbocycles. The van der Waals surface area contributed by atoms with Gasteiger partial charge in [-0.2, -0.15) is 0 Å². The molecular formula is C21H24N2O3S2. The predicted molar refractivity (Wildman–Crippen MR) is 114 cm³/mol. The Labute approximate surface area is 172 Å². The zero-order chi connectivity index (χ0) is 20.1. The molecule has 0 unspecified atom stereocenters. The van der Waals surface area contributed by atoms with Crippen LogP contribution in [0.15, 0.2) is 52.0 Å². The van der Waals surface area contributed by atoms with Crippen LogP contribution in [-0.2, 0) is 24.3 Å². The fraction of sp³-hybridized carbons (Fsp3) is 0.333. The monoisotopic (exact) mass is 416 g/mol. The van der Waals surface area contributed by atoms with Gasteiger partial charge in [0.1, 0.15) is 12.3 Å². The maximum absolute atomic E-state index is 13.2. The third-order valence-corrected chi connectivity index (χ3v) is 6.49. The predicted octanol–water partition coefficient (Wildman–Crippen LogP) is 3.95. The van der Waals surface area contributed by atoms with Crippen LogP contribution < -0.4 is 9.61 Å². The van der Waals surface area contributed by atoms with E-state index in [1.54, 1.807) is 28.4 Å². The molecule has 5 nitrogen and oxygen atoms in total. The minimum atomic E-state index is -0.0962. The second-order valence-corrected chi connectivity index (χ2v) is 8.58. The third-order valence-electron chi connectivity index (χ3n) is 4.71. The number of benzene rings is 1. The van der Waals surface area contributed by atoms with Crippen molar-refractivity contribution in [3.05, 3.63) is 73.0 Å². The smallest absolute Gasteiger partial charge is 0.307 e. The SMILES string of the molecule is COc1ccc(CN(C(=O)Cn2c(C)csc2=O)[C@H](C)Cc2cccs2)cc1. The molecule has 2 heterocycles.